The molecule has 2 aromatic carbocycles. The fourth-order valence-corrected chi connectivity index (χ4v) is 3.40. The van der Waals surface area contributed by atoms with Crippen LogP contribution in [0.2, 0.25) is 0 Å². The Morgan fingerprint density at radius 1 is 1.28 bits per heavy atom. The van der Waals surface area contributed by atoms with E-state index in [1.54, 1.807) is 0 Å². The third-order valence-electron chi connectivity index (χ3n) is 4.38. The van der Waals surface area contributed by atoms with Crippen LogP contribution in [0, 0.1) is 0 Å². The van der Waals surface area contributed by atoms with E-state index in [9.17, 15) is 4.79 Å². The minimum atomic E-state index is 0.00267. The molecule has 1 fully saturated rings. The Balaban J connectivity index is 1.55. The smallest absolute Gasteiger partial charge is 0.238 e. The average Bonchev–Trinajstić information content (AvgIpc) is 2.62. The number of carbonyl (C=O) groups excluding carboxylic acids is 1. The van der Waals surface area contributed by atoms with Crippen molar-refractivity contribution in [1.29, 1.82) is 0 Å². The maximum atomic E-state index is 12.3. The van der Waals surface area contributed by atoms with Gasteiger partial charge in [0.05, 0.1) is 19.3 Å². The maximum Gasteiger partial charge on any atom is 0.238 e. The summed E-state index contributed by atoms with van der Waals surface area (Å²) < 4.78 is 6.92. The van der Waals surface area contributed by atoms with Crippen LogP contribution < -0.4 is 5.32 Å². The van der Waals surface area contributed by atoms with Gasteiger partial charge >= 0.3 is 0 Å². The van der Waals surface area contributed by atoms with Crippen molar-refractivity contribution >= 4 is 27.5 Å². The zero-order valence-corrected chi connectivity index (χ0v) is 16.0. The van der Waals surface area contributed by atoms with Gasteiger partial charge in [0.1, 0.15) is 0 Å². The van der Waals surface area contributed by atoms with Crippen molar-refractivity contribution in [2.24, 2.45) is 0 Å². The molecule has 5 heteroatoms. The molecular weight excluding hydrogens is 380 g/mol. The van der Waals surface area contributed by atoms with Crippen molar-refractivity contribution in [3.63, 3.8) is 0 Å². The third kappa shape index (κ3) is 5.14. The fourth-order valence-electron chi connectivity index (χ4n) is 2.98. The normalized spacial score (nSPS) is 18.1. The number of rotatable bonds is 5. The van der Waals surface area contributed by atoms with E-state index in [4.69, 9.17) is 4.74 Å². The Morgan fingerprint density at radius 2 is 2.08 bits per heavy atom. The Hall–Kier alpha value is -1.69. The van der Waals surface area contributed by atoms with Crippen LogP contribution in [-0.4, -0.2) is 37.0 Å². The SMILES string of the molecule is CCc1ccc(NC(=O)CN2CCOC(c3cccc(Br)c3)C2)cc1. The first-order valence-electron chi connectivity index (χ1n) is 8.62. The Morgan fingerprint density at radius 3 is 2.80 bits per heavy atom. The van der Waals surface area contributed by atoms with E-state index in [1.807, 2.05) is 36.4 Å². The van der Waals surface area contributed by atoms with Crippen LogP contribution in [0.4, 0.5) is 5.69 Å². The van der Waals surface area contributed by atoms with Crippen LogP contribution in [0.25, 0.3) is 0 Å². The molecule has 2 aromatic rings. The van der Waals surface area contributed by atoms with Crippen LogP contribution in [0.15, 0.2) is 53.0 Å². The lowest BCUT2D eigenvalue weighted by Gasteiger charge is -2.32. The van der Waals surface area contributed by atoms with Crippen molar-refractivity contribution in [1.82, 2.24) is 4.90 Å². The highest BCUT2D eigenvalue weighted by Crippen LogP contribution is 2.24. The highest BCUT2D eigenvalue weighted by Gasteiger charge is 2.23. The average molecular weight is 403 g/mol. The topological polar surface area (TPSA) is 41.6 Å². The lowest BCUT2D eigenvalue weighted by atomic mass is 10.1. The summed E-state index contributed by atoms with van der Waals surface area (Å²) >= 11 is 3.50. The fraction of sp³-hybridized carbons (Fsp3) is 0.350. The van der Waals surface area contributed by atoms with Gasteiger partial charge in [-0.25, -0.2) is 0 Å². The zero-order chi connectivity index (χ0) is 17.6. The molecule has 0 spiro atoms. The second-order valence-electron chi connectivity index (χ2n) is 6.25. The molecule has 1 heterocycles. The number of benzene rings is 2. The van der Waals surface area contributed by atoms with E-state index in [0.29, 0.717) is 13.2 Å². The molecule has 1 amide bonds. The standard InChI is InChI=1S/C20H23BrN2O2/c1-2-15-6-8-18(9-7-15)22-20(24)14-23-10-11-25-19(13-23)16-4-3-5-17(21)12-16/h3-9,12,19H,2,10-11,13-14H2,1H3,(H,22,24). The number of amides is 1. The van der Waals surface area contributed by atoms with Gasteiger partial charge in [-0.15, -0.1) is 0 Å². The first-order chi connectivity index (χ1) is 12.1. The Bertz CT molecular complexity index is 718. The van der Waals surface area contributed by atoms with Crippen molar-refractivity contribution in [3.05, 3.63) is 64.1 Å². The third-order valence-corrected chi connectivity index (χ3v) is 4.88. The largest absolute Gasteiger partial charge is 0.371 e. The van der Waals surface area contributed by atoms with E-state index in [1.165, 1.54) is 5.56 Å². The molecular formula is C20H23BrN2O2. The molecule has 132 valence electrons. The first kappa shape index (κ1) is 18.1. The summed E-state index contributed by atoms with van der Waals surface area (Å²) in [5.41, 5.74) is 3.25. The molecule has 0 radical (unpaired) electrons. The predicted octanol–water partition coefficient (Wildman–Crippen LogP) is 4.02. The molecule has 0 saturated carbocycles. The van der Waals surface area contributed by atoms with Gasteiger partial charge < -0.3 is 10.1 Å². The van der Waals surface area contributed by atoms with E-state index >= 15 is 0 Å². The summed E-state index contributed by atoms with van der Waals surface area (Å²) in [6, 6.07) is 16.2. The van der Waals surface area contributed by atoms with E-state index in [-0.39, 0.29) is 12.0 Å². The van der Waals surface area contributed by atoms with Crippen LogP contribution >= 0.6 is 15.9 Å². The van der Waals surface area contributed by atoms with Crippen molar-refractivity contribution in [2.75, 3.05) is 31.6 Å². The van der Waals surface area contributed by atoms with Gasteiger partial charge in [0, 0.05) is 23.2 Å². The summed E-state index contributed by atoms with van der Waals surface area (Å²) in [5, 5.41) is 2.98. The Labute approximate surface area is 157 Å². The van der Waals surface area contributed by atoms with Gasteiger partial charge in [0.15, 0.2) is 0 Å². The van der Waals surface area contributed by atoms with Crippen LogP contribution in [0.1, 0.15) is 24.2 Å². The number of aryl methyl sites for hydroxylation is 1. The van der Waals surface area contributed by atoms with Crippen molar-refractivity contribution in [3.8, 4) is 0 Å². The lowest BCUT2D eigenvalue weighted by Crippen LogP contribution is -2.42. The van der Waals surface area contributed by atoms with Gasteiger partial charge in [-0.3, -0.25) is 9.69 Å². The van der Waals surface area contributed by atoms with Gasteiger partial charge in [-0.2, -0.15) is 0 Å². The number of morpholine rings is 1. The zero-order valence-electron chi connectivity index (χ0n) is 14.4. The van der Waals surface area contributed by atoms with Crippen molar-refractivity contribution in [2.45, 2.75) is 19.4 Å². The summed E-state index contributed by atoms with van der Waals surface area (Å²) in [6.45, 7) is 4.62. The number of halogens is 1. The molecule has 0 bridgehead atoms. The molecule has 4 nitrogen and oxygen atoms in total. The number of carbonyl (C=O) groups is 1. The van der Waals surface area contributed by atoms with Crippen LogP contribution in [0.5, 0.6) is 0 Å². The second-order valence-corrected chi connectivity index (χ2v) is 7.16. The molecule has 25 heavy (non-hydrogen) atoms. The number of ether oxygens (including phenoxy) is 1. The van der Waals surface area contributed by atoms with Gasteiger partial charge in [-0.05, 0) is 41.8 Å². The lowest BCUT2D eigenvalue weighted by molar-refractivity contribution is -0.119. The van der Waals surface area contributed by atoms with Gasteiger partial charge in [0.2, 0.25) is 5.91 Å². The first-order valence-corrected chi connectivity index (χ1v) is 9.41. The summed E-state index contributed by atoms with van der Waals surface area (Å²) in [6.07, 6.45) is 1.00. The van der Waals surface area contributed by atoms with Crippen LogP contribution in [-0.2, 0) is 16.0 Å². The number of anilines is 1. The molecule has 1 unspecified atom stereocenters. The molecule has 1 saturated heterocycles. The number of nitrogens with zero attached hydrogens (tertiary/aromatic N) is 1. The Kier molecular flexibility index (Phi) is 6.24. The van der Waals surface area contributed by atoms with E-state index < -0.39 is 0 Å². The molecule has 3 rings (SSSR count). The van der Waals surface area contributed by atoms with Gasteiger partial charge in [-0.1, -0.05) is 47.1 Å². The maximum absolute atomic E-state index is 12.3. The second kappa shape index (κ2) is 8.61. The molecule has 0 aliphatic carbocycles. The number of hydrogen-bond donors (Lipinski definition) is 1. The number of hydrogen-bond acceptors (Lipinski definition) is 3. The van der Waals surface area contributed by atoms with Crippen molar-refractivity contribution < 1.29 is 9.53 Å². The highest BCUT2D eigenvalue weighted by molar-refractivity contribution is 9.10. The minimum absolute atomic E-state index is 0.00267. The molecule has 1 aliphatic heterocycles. The quantitative estimate of drug-likeness (QED) is 0.820. The molecule has 1 N–H and O–H groups in total. The predicted molar refractivity (Wildman–Crippen MR) is 104 cm³/mol. The monoisotopic (exact) mass is 402 g/mol. The van der Waals surface area contributed by atoms with Gasteiger partial charge in [0.25, 0.3) is 0 Å². The molecule has 1 aliphatic rings. The number of nitrogens with one attached hydrogen (secondary N) is 1. The minimum Gasteiger partial charge on any atom is -0.371 e. The summed E-state index contributed by atoms with van der Waals surface area (Å²) in [4.78, 5) is 14.5. The highest BCUT2D eigenvalue weighted by atomic mass is 79.9. The summed E-state index contributed by atoms with van der Waals surface area (Å²) in [7, 11) is 0. The van der Waals surface area contributed by atoms with E-state index in [0.717, 1.165) is 35.2 Å². The summed E-state index contributed by atoms with van der Waals surface area (Å²) in [5.74, 6) is 0.0131. The molecule has 0 aromatic heterocycles. The van der Waals surface area contributed by atoms with Crippen LogP contribution in [0.3, 0.4) is 0 Å². The molecule has 1 atom stereocenters. The van der Waals surface area contributed by atoms with E-state index in [2.05, 4.69) is 45.2 Å².